The van der Waals surface area contributed by atoms with Gasteiger partial charge in [0.2, 0.25) is 0 Å². The van der Waals surface area contributed by atoms with Crippen molar-refractivity contribution >= 4 is 27.4 Å². The number of carbonyl (C=O) groups is 1. The van der Waals surface area contributed by atoms with E-state index < -0.39 is 5.97 Å². The third-order valence-electron chi connectivity index (χ3n) is 2.68. The minimum absolute atomic E-state index is 0.0754. The molecule has 6 heteroatoms. The second-order valence-corrected chi connectivity index (χ2v) is 4.60. The molecule has 5 nitrogen and oxygen atoms in total. The van der Waals surface area contributed by atoms with E-state index in [4.69, 9.17) is 9.84 Å². The van der Waals surface area contributed by atoms with Crippen LogP contribution in [0.1, 0.15) is 22.5 Å². The highest BCUT2D eigenvalue weighted by atomic mass is 79.9. The Morgan fingerprint density at radius 3 is 3.00 bits per heavy atom. The van der Waals surface area contributed by atoms with Gasteiger partial charge >= 0.3 is 5.97 Å². The number of esters is 1. The van der Waals surface area contributed by atoms with E-state index in [9.17, 15) is 4.79 Å². The van der Waals surface area contributed by atoms with Crippen molar-refractivity contribution < 1.29 is 14.6 Å². The van der Waals surface area contributed by atoms with E-state index in [0.717, 1.165) is 15.7 Å². The lowest BCUT2D eigenvalue weighted by Gasteiger charge is -2.00. The Labute approximate surface area is 112 Å². The number of rotatable bonds is 4. The van der Waals surface area contributed by atoms with Crippen molar-refractivity contribution in [2.45, 2.75) is 12.8 Å². The molecule has 0 atom stereocenters. The number of ether oxygens (including phenoxy) is 1. The maximum absolute atomic E-state index is 11.7. The number of pyridine rings is 1. The molecule has 0 bridgehead atoms. The van der Waals surface area contributed by atoms with Crippen LogP contribution in [0.2, 0.25) is 0 Å². The molecule has 0 fully saturated rings. The molecule has 0 spiro atoms. The summed E-state index contributed by atoms with van der Waals surface area (Å²) in [5.41, 5.74) is 1.95. The van der Waals surface area contributed by atoms with Crippen LogP contribution in [-0.4, -0.2) is 34.4 Å². The number of aliphatic hydroxyl groups excluding tert-OH is 1. The Bertz CT molecular complexity index is 580. The molecule has 1 N–H and O–H groups in total. The van der Waals surface area contributed by atoms with E-state index in [1.54, 1.807) is 4.52 Å². The lowest BCUT2D eigenvalue weighted by atomic mass is 10.1. The number of aliphatic hydroxyl groups is 1. The molecule has 0 aromatic carbocycles. The van der Waals surface area contributed by atoms with E-state index in [2.05, 4.69) is 21.0 Å². The summed E-state index contributed by atoms with van der Waals surface area (Å²) in [7, 11) is 1.33. The van der Waals surface area contributed by atoms with Gasteiger partial charge < -0.3 is 9.84 Å². The molecule has 0 aliphatic rings. The zero-order valence-electron chi connectivity index (χ0n) is 9.89. The zero-order chi connectivity index (χ0) is 13.1. The van der Waals surface area contributed by atoms with Gasteiger partial charge in [-0.3, -0.25) is 0 Å². The van der Waals surface area contributed by atoms with E-state index >= 15 is 0 Å². The number of aryl methyl sites for hydroxylation is 1. The molecule has 2 aromatic rings. The van der Waals surface area contributed by atoms with Crippen molar-refractivity contribution in [1.29, 1.82) is 0 Å². The summed E-state index contributed by atoms with van der Waals surface area (Å²) in [4.78, 5) is 11.7. The number of aromatic nitrogens is 2. The molecule has 0 aliphatic heterocycles. The second-order valence-electron chi connectivity index (χ2n) is 3.79. The van der Waals surface area contributed by atoms with Gasteiger partial charge in [-0.25, -0.2) is 9.31 Å². The van der Waals surface area contributed by atoms with Crippen molar-refractivity contribution in [2.24, 2.45) is 0 Å². The van der Waals surface area contributed by atoms with Crippen LogP contribution in [0.15, 0.2) is 22.8 Å². The molecule has 0 radical (unpaired) electrons. The van der Waals surface area contributed by atoms with Gasteiger partial charge in [0.05, 0.1) is 12.6 Å². The monoisotopic (exact) mass is 312 g/mol. The largest absolute Gasteiger partial charge is 0.464 e. The minimum atomic E-state index is -0.460. The number of methoxy groups -OCH3 is 1. The summed E-state index contributed by atoms with van der Waals surface area (Å²) in [6, 6.07) is 5.61. The topological polar surface area (TPSA) is 63.8 Å². The highest BCUT2D eigenvalue weighted by molar-refractivity contribution is 9.10. The van der Waals surface area contributed by atoms with Crippen LogP contribution in [-0.2, 0) is 11.2 Å². The summed E-state index contributed by atoms with van der Waals surface area (Å²) in [5.74, 6) is -0.460. The quantitative estimate of drug-likeness (QED) is 0.691. The number of halogens is 1. The third-order valence-corrected chi connectivity index (χ3v) is 3.28. The Morgan fingerprint density at radius 1 is 1.56 bits per heavy atom. The molecular weight excluding hydrogens is 300 g/mol. The van der Waals surface area contributed by atoms with Gasteiger partial charge in [-0.15, -0.1) is 0 Å². The Balaban J connectivity index is 2.60. The normalized spacial score (nSPS) is 10.8. The van der Waals surface area contributed by atoms with E-state index in [1.807, 2.05) is 18.2 Å². The lowest BCUT2D eigenvalue weighted by Crippen LogP contribution is -2.06. The average molecular weight is 313 g/mol. The number of carbonyl (C=O) groups excluding carboxylic acids is 1. The Hall–Kier alpha value is -1.40. The number of fused-ring (bicyclic) bond motifs is 1. The van der Waals surface area contributed by atoms with E-state index in [1.165, 1.54) is 7.11 Å². The molecule has 0 saturated carbocycles. The van der Waals surface area contributed by atoms with Gasteiger partial charge in [0, 0.05) is 12.2 Å². The van der Waals surface area contributed by atoms with Crippen molar-refractivity contribution in [3.63, 3.8) is 0 Å². The Kier molecular flexibility index (Phi) is 3.98. The first-order valence-electron chi connectivity index (χ1n) is 5.54. The van der Waals surface area contributed by atoms with Gasteiger partial charge in [0.15, 0.2) is 5.69 Å². The molecule has 18 heavy (non-hydrogen) atoms. The van der Waals surface area contributed by atoms with Crippen LogP contribution >= 0.6 is 15.9 Å². The van der Waals surface area contributed by atoms with E-state index in [0.29, 0.717) is 18.5 Å². The van der Waals surface area contributed by atoms with Crippen molar-refractivity contribution in [2.75, 3.05) is 13.7 Å². The zero-order valence-corrected chi connectivity index (χ0v) is 11.5. The standard InChI is InChI=1S/C12H13BrN2O3/c1-18-12(17)11-8(4-3-7-16)9-5-2-6-10(13)15(9)14-11/h2,5-6,16H,3-4,7H2,1H3. The SMILES string of the molecule is COC(=O)c1nn2c(Br)cccc2c1CCCO. The fourth-order valence-electron chi connectivity index (χ4n) is 1.85. The highest BCUT2D eigenvalue weighted by Crippen LogP contribution is 2.22. The maximum Gasteiger partial charge on any atom is 0.358 e. The maximum atomic E-state index is 11.7. The average Bonchev–Trinajstić information content (AvgIpc) is 2.75. The molecular formula is C12H13BrN2O3. The van der Waals surface area contributed by atoms with Gasteiger partial charge in [0.1, 0.15) is 4.60 Å². The third kappa shape index (κ3) is 2.26. The molecule has 0 aliphatic carbocycles. The molecule has 96 valence electrons. The second kappa shape index (κ2) is 5.49. The number of hydrogen-bond donors (Lipinski definition) is 1. The summed E-state index contributed by atoms with van der Waals surface area (Å²) in [6.45, 7) is 0.0754. The van der Waals surface area contributed by atoms with Crippen LogP contribution in [0.4, 0.5) is 0 Å². The predicted octanol–water partition coefficient (Wildman–Crippen LogP) is 1.81. The fraction of sp³-hybridized carbons (Fsp3) is 0.333. The molecule has 0 saturated heterocycles. The molecule has 0 amide bonds. The van der Waals surface area contributed by atoms with Gasteiger partial charge in [0.25, 0.3) is 0 Å². The Morgan fingerprint density at radius 2 is 2.33 bits per heavy atom. The first-order chi connectivity index (χ1) is 8.69. The lowest BCUT2D eigenvalue weighted by molar-refractivity contribution is 0.0592. The molecule has 0 unspecified atom stereocenters. The summed E-state index contributed by atoms with van der Waals surface area (Å²) in [6.07, 6.45) is 1.17. The summed E-state index contributed by atoms with van der Waals surface area (Å²) < 4.78 is 7.15. The van der Waals surface area contributed by atoms with Crippen LogP contribution < -0.4 is 0 Å². The first-order valence-corrected chi connectivity index (χ1v) is 6.33. The van der Waals surface area contributed by atoms with Crippen LogP contribution in [0.25, 0.3) is 5.52 Å². The smallest absolute Gasteiger partial charge is 0.358 e. The van der Waals surface area contributed by atoms with E-state index in [-0.39, 0.29) is 6.61 Å². The van der Waals surface area contributed by atoms with Crippen LogP contribution in [0.3, 0.4) is 0 Å². The van der Waals surface area contributed by atoms with Crippen molar-refractivity contribution in [3.05, 3.63) is 34.1 Å². The molecule has 2 rings (SSSR count). The van der Waals surface area contributed by atoms with Gasteiger partial charge in [-0.1, -0.05) is 6.07 Å². The summed E-state index contributed by atoms with van der Waals surface area (Å²) >= 11 is 3.38. The van der Waals surface area contributed by atoms with Crippen LogP contribution in [0.5, 0.6) is 0 Å². The van der Waals surface area contributed by atoms with Crippen molar-refractivity contribution in [1.82, 2.24) is 9.61 Å². The predicted molar refractivity (Wildman–Crippen MR) is 69.6 cm³/mol. The van der Waals surface area contributed by atoms with Crippen LogP contribution in [0, 0.1) is 0 Å². The summed E-state index contributed by atoms with van der Waals surface area (Å²) in [5, 5.41) is 13.2. The molecule has 2 heterocycles. The number of hydrogen-bond acceptors (Lipinski definition) is 4. The highest BCUT2D eigenvalue weighted by Gasteiger charge is 2.20. The van der Waals surface area contributed by atoms with Gasteiger partial charge in [-0.2, -0.15) is 5.10 Å². The number of nitrogens with zero attached hydrogens (tertiary/aromatic N) is 2. The fourth-order valence-corrected chi connectivity index (χ4v) is 2.27. The van der Waals surface area contributed by atoms with Crippen molar-refractivity contribution in [3.8, 4) is 0 Å². The minimum Gasteiger partial charge on any atom is -0.464 e. The molecule has 2 aromatic heterocycles. The van der Waals surface area contributed by atoms with Gasteiger partial charge in [-0.05, 0) is 40.9 Å². The first kappa shape index (κ1) is 13.0.